The summed E-state index contributed by atoms with van der Waals surface area (Å²) in [5.41, 5.74) is 0.698. The number of ether oxygens (including phenoxy) is 1. The Hall–Kier alpha value is -2.28. The number of Topliss-reactive ketones (excluding diaryl/α,β-unsaturated/α-hetero) is 1. The summed E-state index contributed by atoms with van der Waals surface area (Å²) in [5.74, 6) is -1.27. The normalized spacial score (nSPS) is 17.6. The lowest BCUT2D eigenvalue weighted by molar-refractivity contribution is -0.137. The van der Waals surface area contributed by atoms with E-state index in [0.29, 0.717) is 11.3 Å². The minimum Gasteiger partial charge on any atom is -0.497 e. The van der Waals surface area contributed by atoms with Crippen LogP contribution in [0.4, 0.5) is 0 Å². The average Bonchev–Trinajstić information content (AvgIpc) is 2.78. The van der Waals surface area contributed by atoms with Crippen molar-refractivity contribution in [2.45, 2.75) is 11.8 Å². The number of hydrogen-bond acceptors (Lipinski definition) is 5. The summed E-state index contributed by atoms with van der Waals surface area (Å²) in [4.78, 5) is 37.5. The second-order valence-corrected chi connectivity index (χ2v) is 5.94. The number of nitrogens with zero attached hydrogens (tertiary/aromatic N) is 1. The molecule has 6 nitrogen and oxygen atoms in total. The van der Waals surface area contributed by atoms with Gasteiger partial charge in [-0.25, -0.2) is 0 Å². The van der Waals surface area contributed by atoms with Crippen LogP contribution < -0.4 is 4.74 Å². The number of carbonyl (C=O) groups excluding carboxylic acids is 2. The van der Waals surface area contributed by atoms with E-state index in [1.807, 2.05) is 0 Å². The number of likely N-dealkylation sites (N-methyl/N-ethyl adjacent to an activating group) is 1. The maximum absolute atomic E-state index is 12.8. The molecule has 0 unspecified atom stereocenters. The summed E-state index contributed by atoms with van der Waals surface area (Å²) in [6.45, 7) is 0. The first-order chi connectivity index (χ1) is 10.9. The van der Waals surface area contributed by atoms with Crippen LogP contribution in [-0.4, -0.2) is 53.5 Å². The number of carbonyl (C=O) groups is 3. The highest BCUT2D eigenvalue weighted by Gasteiger charge is 2.40. The van der Waals surface area contributed by atoms with Gasteiger partial charge in [0.15, 0.2) is 5.78 Å². The fourth-order valence-corrected chi connectivity index (χ4v) is 3.42. The van der Waals surface area contributed by atoms with Gasteiger partial charge in [-0.15, -0.1) is 11.8 Å². The number of rotatable bonds is 6. The lowest BCUT2D eigenvalue weighted by Gasteiger charge is -2.20. The Morgan fingerprint density at radius 1 is 1.30 bits per heavy atom. The van der Waals surface area contributed by atoms with E-state index in [0.717, 1.165) is 0 Å². The molecule has 1 N–H and O–H groups in total. The summed E-state index contributed by atoms with van der Waals surface area (Å²) in [5, 5.41) is 8.56. The molecule has 0 bridgehead atoms. The van der Waals surface area contributed by atoms with Crippen LogP contribution in [-0.2, 0) is 9.59 Å². The average molecular weight is 335 g/mol. The minimum absolute atomic E-state index is 0.0557. The molecule has 1 aliphatic rings. The van der Waals surface area contributed by atoms with Gasteiger partial charge in [0, 0.05) is 23.8 Å². The fraction of sp³-hybridized carbons (Fsp3) is 0.312. The van der Waals surface area contributed by atoms with Gasteiger partial charge in [-0.2, -0.15) is 0 Å². The van der Waals surface area contributed by atoms with Crippen LogP contribution in [0, 0.1) is 0 Å². The van der Waals surface area contributed by atoms with E-state index >= 15 is 0 Å². The number of carboxylic acid groups (broad SMARTS) is 1. The molecule has 0 saturated carbocycles. The number of benzene rings is 1. The molecule has 0 saturated heterocycles. The van der Waals surface area contributed by atoms with E-state index in [9.17, 15) is 14.4 Å². The predicted molar refractivity (Wildman–Crippen MR) is 86.7 cm³/mol. The van der Waals surface area contributed by atoms with Gasteiger partial charge in [0.2, 0.25) is 0 Å². The Bertz CT molecular complexity index is 680. The zero-order valence-corrected chi connectivity index (χ0v) is 13.8. The summed E-state index contributed by atoms with van der Waals surface area (Å²) in [6.07, 6.45) is 1.32. The SMILES string of the molecule is COc1ccc(C(=O)C2=C(CC(=O)O)C(=O)N(C)[C@@H]2SC)cc1. The van der Waals surface area contributed by atoms with Gasteiger partial charge in [0.25, 0.3) is 5.91 Å². The van der Waals surface area contributed by atoms with Crippen LogP contribution in [0.15, 0.2) is 35.4 Å². The molecule has 1 aromatic rings. The second kappa shape index (κ2) is 6.87. The minimum atomic E-state index is -1.14. The molecular weight excluding hydrogens is 318 g/mol. The summed E-state index contributed by atoms with van der Waals surface area (Å²) >= 11 is 1.32. The molecule has 23 heavy (non-hydrogen) atoms. The molecule has 1 aromatic carbocycles. The van der Waals surface area contributed by atoms with Crippen molar-refractivity contribution in [1.29, 1.82) is 0 Å². The van der Waals surface area contributed by atoms with Crippen molar-refractivity contribution in [2.24, 2.45) is 0 Å². The molecule has 1 aliphatic heterocycles. The van der Waals surface area contributed by atoms with Crippen molar-refractivity contribution in [1.82, 2.24) is 4.90 Å². The molecule has 1 amide bonds. The van der Waals surface area contributed by atoms with Crippen LogP contribution in [0.5, 0.6) is 5.75 Å². The van der Waals surface area contributed by atoms with Crippen molar-refractivity contribution in [3.63, 3.8) is 0 Å². The predicted octanol–water partition coefficient (Wildman–Crippen LogP) is 1.81. The van der Waals surface area contributed by atoms with Crippen LogP contribution in [0.3, 0.4) is 0 Å². The highest BCUT2D eigenvalue weighted by atomic mass is 32.2. The summed E-state index contributed by atoms with van der Waals surface area (Å²) in [6, 6.07) is 6.51. The highest BCUT2D eigenvalue weighted by molar-refractivity contribution is 7.99. The molecular formula is C16H17NO5S. The van der Waals surface area contributed by atoms with Crippen LogP contribution in [0.25, 0.3) is 0 Å². The first kappa shape index (κ1) is 17.1. The first-order valence-electron chi connectivity index (χ1n) is 6.84. The van der Waals surface area contributed by atoms with E-state index in [2.05, 4.69) is 0 Å². The highest BCUT2D eigenvalue weighted by Crippen LogP contribution is 2.35. The molecule has 2 rings (SSSR count). The third-order valence-electron chi connectivity index (χ3n) is 3.65. The van der Waals surface area contributed by atoms with Gasteiger partial charge in [-0.3, -0.25) is 14.4 Å². The van der Waals surface area contributed by atoms with Crippen LogP contribution >= 0.6 is 11.8 Å². The van der Waals surface area contributed by atoms with Crippen LogP contribution in [0.1, 0.15) is 16.8 Å². The third kappa shape index (κ3) is 3.24. The number of carboxylic acids is 1. The van der Waals surface area contributed by atoms with E-state index in [4.69, 9.17) is 9.84 Å². The number of ketones is 1. The number of thioether (sulfide) groups is 1. The van der Waals surface area contributed by atoms with E-state index < -0.39 is 23.7 Å². The van der Waals surface area contributed by atoms with Crippen molar-refractivity contribution >= 4 is 29.4 Å². The lowest BCUT2D eigenvalue weighted by atomic mass is 9.98. The molecule has 0 aromatic heterocycles. The van der Waals surface area contributed by atoms with Gasteiger partial charge >= 0.3 is 5.97 Å². The van der Waals surface area contributed by atoms with E-state index in [1.165, 1.54) is 23.8 Å². The Kier molecular flexibility index (Phi) is 5.10. The number of amides is 1. The second-order valence-electron chi connectivity index (χ2n) is 5.02. The topological polar surface area (TPSA) is 83.9 Å². The van der Waals surface area contributed by atoms with Gasteiger partial charge in [-0.1, -0.05) is 0 Å². The Morgan fingerprint density at radius 2 is 1.91 bits per heavy atom. The van der Waals surface area contributed by atoms with Crippen LogP contribution in [0.2, 0.25) is 0 Å². The summed E-state index contributed by atoms with van der Waals surface area (Å²) < 4.78 is 5.06. The maximum atomic E-state index is 12.8. The molecule has 0 fully saturated rings. The van der Waals surface area contributed by atoms with E-state index in [-0.39, 0.29) is 16.9 Å². The summed E-state index contributed by atoms with van der Waals surface area (Å²) in [7, 11) is 3.10. The Balaban J connectivity index is 2.48. The van der Waals surface area contributed by atoms with Crippen molar-refractivity contribution in [3.05, 3.63) is 41.0 Å². The molecule has 7 heteroatoms. The van der Waals surface area contributed by atoms with Gasteiger partial charge < -0.3 is 14.7 Å². The standard InChI is InChI=1S/C16H17NO5S/c1-17-15(21)11(8-12(18)19)13(16(17)23-3)14(20)9-4-6-10(22-2)7-5-9/h4-7,16H,8H2,1-3H3,(H,18,19)/t16-/m1/s1. The van der Waals surface area contributed by atoms with Crippen molar-refractivity contribution in [2.75, 3.05) is 20.4 Å². The molecule has 1 heterocycles. The van der Waals surface area contributed by atoms with E-state index in [1.54, 1.807) is 37.6 Å². The smallest absolute Gasteiger partial charge is 0.308 e. The fourth-order valence-electron chi connectivity index (χ4n) is 2.52. The first-order valence-corrected chi connectivity index (χ1v) is 8.13. The molecule has 122 valence electrons. The van der Waals surface area contributed by atoms with Gasteiger partial charge in [0.05, 0.1) is 13.5 Å². The number of hydrogen-bond donors (Lipinski definition) is 1. The van der Waals surface area contributed by atoms with Crippen molar-refractivity contribution in [3.8, 4) is 5.75 Å². The molecule has 0 radical (unpaired) electrons. The maximum Gasteiger partial charge on any atom is 0.308 e. The molecule has 0 aliphatic carbocycles. The monoisotopic (exact) mass is 335 g/mol. The Morgan fingerprint density at radius 3 is 2.39 bits per heavy atom. The number of aliphatic carboxylic acids is 1. The molecule has 0 spiro atoms. The third-order valence-corrected chi connectivity index (χ3v) is 4.65. The zero-order chi connectivity index (χ0) is 17.1. The van der Waals surface area contributed by atoms with Gasteiger partial charge in [-0.05, 0) is 30.5 Å². The van der Waals surface area contributed by atoms with Gasteiger partial charge in [0.1, 0.15) is 11.1 Å². The lowest BCUT2D eigenvalue weighted by Crippen LogP contribution is -2.30. The largest absolute Gasteiger partial charge is 0.497 e. The van der Waals surface area contributed by atoms with Crippen molar-refractivity contribution < 1.29 is 24.2 Å². The Labute approximate surface area is 138 Å². The number of methoxy groups -OCH3 is 1. The molecule has 1 atom stereocenters. The quantitative estimate of drug-likeness (QED) is 0.798. The zero-order valence-electron chi connectivity index (χ0n) is 13.0.